The Hall–Kier alpha value is -3.06. The van der Waals surface area contributed by atoms with Gasteiger partial charge < -0.3 is 9.88 Å². The molecule has 2 aromatic heterocycles. The number of fused-ring (bicyclic) bond motifs is 3. The second-order valence-corrected chi connectivity index (χ2v) is 8.32. The summed E-state index contributed by atoms with van der Waals surface area (Å²) >= 11 is 6.23. The van der Waals surface area contributed by atoms with Crippen molar-refractivity contribution in [2.45, 2.75) is 33.2 Å². The van der Waals surface area contributed by atoms with E-state index in [1.165, 1.54) is 0 Å². The number of anilines is 1. The van der Waals surface area contributed by atoms with Crippen LogP contribution in [0.1, 0.15) is 40.1 Å². The molecule has 5 nitrogen and oxygen atoms in total. The molecular weight excluding hydrogens is 420 g/mol. The van der Waals surface area contributed by atoms with Crippen molar-refractivity contribution in [2.75, 3.05) is 11.4 Å². The predicted molar refractivity (Wildman–Crippen MR) is 117 cm³/mol. The van der Waals surface area contributed by atoms with Crippen molar-refractivity contribution in [1.82, 2.24) is 19.9 Å². The highest BCUT2D eigenvalue weighted by Crippen LogP contribution is 2.41. The van der Waals surface area contributed by atoms with Gasteiger partial charge in [-0.25, -0.2) is 13.8 Å². The Kier molecular flexibility index (Phi) is 4.66. The van der Waals surface area contributed by atoms with Gasteiger partial charge in [0.25, 0.3) is 0 Å². The predicted octanol–water partition coefficient (Wildman–Crippen LogP) is 5.36. The van der Waals surface area contributed by atoms with Gasteiger partial charge in [0.05, 0.1) is 0 Å². The molecule has 5 rings (SSSR count). The van der Waals surface area contributed by atoms with Crippen molar-refractivity contribution >= 4 is 28.5 Å². The molecule has 0 fully saturated rings. The van der Waals surface area contributed by atoms with Crippen molar-refractivity contribution in [3.63, 3.8) is 0 Å². The lowest BCUT2D eigenvalue weighted by Crippen LogP contribution is -2.38. The second-order valence-electron chi connectivity index (χ2n) is 7.88. The van der Waals surface area contributed by atoms with Gasteiger partial charge in [0.15, 0.2) is 11.6 Å². The van der Waals surface area contributed by atoms with Crippen LogP contribution in [-0.2, 0) is 6.42 Å². The quantitative estimate of drug-likeness (QED) is 0.456. The SMILES string of the molecule is Cc1nc(C)nc(N2CCc3c([nH]c4ccc(Cl)cc34)C2c2ccc(C)c(F)c2F)n1. The average molecular weight is 440 g/mol. The molecule has 31 heavy (non-hydrogen) atoms. The molecule has 0 aliphatic carbocycles. The van der Waals surface area contributed by atoms with E-state index in [-0.39, 0.29) is 11.1 Å². The Morgan fingerprint density at radius 2 is 1.74 bits per heavy atom. The van der Waals surface area contributed by atoms with E-state index in [0.29, 0.717) is 35.6 Å². The van der Waals surface area contributed by atoms with Gasteiger partial charge in [-0.3, -0.25) is 0 Å². The Labute approximate surface area is 183 Å². The van der Waals surface area contributed by atoms with E-state index >= 15 is 4.39 Å². The van der Waals surface area contributed by atoms with Crippen LogP contribution in [0.5, 0.6) is 0 Å². The van der Waals surface area contributed by atoms with E-state index in [2.05, 4.69) is 19.9 Å². The fourth-order valence-electron chi connectivity index (χ4n) is 4.40. The van der Waals surface area contributed by atoms with Crippen LogP contribution in [-0.4, -0.2) is 26.5 Å². The highest BCUT2D eigenvalue weighted by Gasteiger charge is 2.36. The lowest BCUT2D eigenvalue weighted by molar-refractivity contribution is 0.480. The summed E-state index contributed by atoms with van der Waals surface area (Å²) in [6.07, 6.45) is 0.686. The molecular formula is C23H20ClF2N5. The maximum atomic E-state index is 15.2. The first-order valence-electron chi connectivity index (χ1n) is 10.0. The van der Waals surface area contributed by atoms with Gasteiger partial charge in [-0.1, -0.05) is 23.7 Å². The molecule has 8 heteroatoms. The zero-order valence-electron chi connectivity index (χ0n) is 17.3. The molecule has 0 amide bonds. The first-order valence-corrected chi connectivity index (χ1v) is 10.4. The van der Waals surface area contributed by atoms with Crippen molar-refractivity contribution in [1.29, 1.82) is 0 Å². The van der Waals surface area contributed by atoms with Crippen molar-refractivity contribution in [3.8, 4) is 0 Å². The number of hydrogen-bond donors (Lipinski definition) is 1. The van der Waals surface area contributed by atoms with Crippen LogP contribution in [0.3, 0.4) is 0 Å². The molecule has 0 spiro atoms. The minimum Gasteiger partial charge on any atom is -0.356 e. The number of benzene rings is 2. The van der Waals surface area contributed by atoms with Gasteiger partial charge in [-0.15, -0.1) is 0 Å². The third-order valence-corrected chi connectivity index (χ3v) is 6.03. The molecule has 1 aliphatic rings. The first-order chi connectivity index (χ1) is 14.8. The molecule has 1 N–H and O–H groups in total. The maximum absolute atomic E-state index is 15.2. The third-order valence-electron chi connectivity index (χ3n) is 5.79. The van der Waals surface area contributed by atoms with Gasteiger partial charge in [0, 0.05) is 33.7 Å². The summed E-state index contributed by atoms with van der Waals surface area (Å²) in [5.41, 5.74) is 3.23. The Morgan fingerprint density at radius 1 is 1.00 bits per heavy atom. The summed E-state index contributed by atoms with van der Waals surface area (Å²) < 4.78 is 29.8. The van der Waals surface area contributed by atoms with Gasteiger partial charge >= 0.3 is 0 Å². The van der Waals surface area contributed by atoms with E-state index < -0.39 is 17.7 Å². The van der Waals surface area contributed by atoms with Gasteiger partial charge in [-0.05, 0) is 56.5 Å². The summed E-state index contributed by atoms with van der Waals surface area (Å²) in [6, 6.07) is 8.24. The summed E-state index contributed by atoms with van der Waals surface area (Å²) in [7, 11) is 0. The van der Waals surface area contributed by atoms with E-state index in [1.54, 1.807) is 32.9 Å². The molecule has 1 aliphatic heterocycles. The van der Waals surface area contributed by atoms with Crippen molar-refractivity contribution in [2.24, 2.45) is 0 Å². The maximum Gasteiger partial charge on any atom is 0.229 e. The van der Waals surface area contributed by atoms with Crippen LogP contribution in [0, 0.1) is 32.4 Å². The third kappa shape index (κ3) is 3.24. The molecule has 0 saturated heterocycles. The molecule has 3 heterocycles. The smallest absolute Gasteiger partial charge is 0.229 e. The van der Waals surface area contributed by atoms with Crippen LogP contribution in [0.2, 0.25) is 5.02 Å². The van der Waals surface area contributed by atoms with Crippen LogP contribution in [0.4, 0.5) is 14.7 Å². The number of hydrogen-bond acceptors (Lipinski definition) is 4. The second kappa shape index (κ2) is 7.27. The van der Waals surface area contributed by atoms with Crippen LogP contribution < -0.4 is 4.90 Å². The highest BCUT2D eigenvalue weighted by molar-refractivity contribution is 6.31. The molecule has 1 unspecified atom stereocenters. The zero-order valence-corrected chi connectivity index (χ0v) is 18.1. The minimum absolute atomic E-state index is 0.234. The van der Waals surface area contributed by atoms with E-state index in [9.17, 15) is 4.39 Å². The fourth-order valence-corrected chi connectivity index (χ4v) is 4.57. The van der Waals surface area contributed by atoms with E-state index in [1.807, 2.05) is 23.1 Å². The molecule has 0 bridgehead atoms. The fraction of sp³-hybridized carbons (Fsp3) is 0.261. The summed E-state index contributed by atoms with van der Waals surface area (Å²) in [4.78, 5) is 18.6. The normalized spacial score (nSPS) is 16.1. The summed E-state index contributed by atoms with van der Waals surface area (Å²) in [6.45, 7) is 5.67. The average Bonchev–Trinajstić information content (AvgIpc) is 3.09. The van der Waals surface area contributed by atoms with E-state index in [0.717, 1.165) is 22.2 Å². The standard InChI is InChI=1S/C23H20ClF2N5/c1-11-4-6-16(20(26)19(11)25)22-21-15(17-10-14(24)5-7-18(17)30-21)8-9-31(22)23-28-12(2)27-13(3)29-23/h4-7,10,22,30H,8-9H2,1-3H3. The van der Waals surface area contributed by atoms with Gasteiger partial charge in [0.2, 0.25) is 5.95 Å². The van der Waals surface area contributed by atoms with Gasteiger partial charge in [0.1, 0.15) is 17.7 Å². The van der Waals surface area contributed by atoms with Gasteiger partial charge in [-0.2, -0.15) is 9.97 Å². The number of aromatic nitrogens is 4. The molecule has 4 aromatic rings. The lowest BCUT2D eigenvalue weighted by atomic mass is 9.91. The van der Waals surface area contributed by atoms with Crippen LogP contribution in [0.15, 0.2) is 30.3 Å². The van der Waals surface area contributed by atoms with Crippen molar-refractivity contribution < 1.29 is 8.78 Å². The number of aromatic amines is 1. The Balaban J connectivity index is 1.77. The molecule has 1 atom stereocenters. The lowest BCUT2D eigenvalue weighted by Gasteiger charge is -2.36. The molecule has 0 radical (unpaired) electrons. The largest absolute Gasteiger partial charge is 0.356 e. The number of aryl methyl sites for hydroxylation is 3. The molecule has 158 valence electrons. The minimum atomic E-state index is -0.859. The number of H-pyrrole nitrogens is 1. The van der Waals surface area contributed by atoms with E-state index in [4.69, 9.17) is 11.6 Å². The number of halogens is 3. The topological polar surface area (TPSA) is 57.7 Å². The number of rotatable bonds is 2. The van der Waals surface area contributed by atoms with Crippen LogP contribution in [0.25, 0.3) is 10.9 Å². The zero-order chi connectivity index (χ0) is 21.9. The number of nitrogens with one attached hydrogen (secondary N) is 1. The molecule has 0 saturated carbocycles. The Morgan fingerprint density at radius 3 is 2.48 bits per heavy atom. The first kappa shape index (κ1) is 19.9. The number of nitrogens with zero attached hydrogens (tertiary/aromatic N) is 4. The van der Waals surface area contributed by atoms with Crippen molar-refractivity contribution in [3.05, 3.63) is 81.0 Å². The Bertz CT molecular complexity index is 1310. The molecule has 2 aromatic carbocycles. The monoisotopic (exact) mass is 439 g/mol. The summed E-state index contributed by atoms with van der Waals surface area (Å²) in [5.74, 6) is -0.108. The summed E-state index contributed by atoms with van der Waals surface area (Å²) in [5, 5.41) is 1.62. The highest BCUT2D eigenvalue weighted by atomic mass is 35.5. The van der Waals surface area contributed by atoms with Crippen LogP contribution >= 0.6 is 11.6 Å².